The number of carbonyl (C=O) groups is 1. The van der Waals surface area contributed by atoms with E-state index in [1.165, 1.54) is 18.7 Å². The van der Waals surface area contributed by atoms with Gasteiger partial charge < -0.3 is 4.74 Å². The number of rotatable bonds is 3. The molecule has 0 rings (SSSR count). The van der Waals surface area contributed by atoms with Crippen molar-refractivity contribution in [2.24, 2.45) is 0 Å². The summed E-state index contributed by atoms with van der Waals surface area (Å²) in [5.74, 6) is 0.0613. The Morgan fingerprint density at radius 2 is 1.90 bits per heavy atom. The Labute approximate surface area is 65.6 Å². The lowest BCUT2D eigenvalue weighted by Crippen LogP contribution is -1.96. The van der Waals surface area contributed by atoms with Crippen LogP contribution in [0.5, 0.6) is 0 Å². The molecule has 0 unspecified atom stereocenters. The number of ether oxygens (including phenoxy) is 1. The highest BCUT2D eigenvalue weighted by Crippen LogP contribution is 2.17. The Bertz CT molecular complexity index is 155. The van der Waals surface area contributed by atoms with Crippen molar-refractivity contribution in [1.82, 2.24) is 0 Å². The maximum atomic E-state index is 10.8. The van der Waals surface area contributed by atoms with Crippen LogP contribution in [-0.2, 0) is 9.53 Å². The van der Waals surface area contributed by atoms with Gasteiger partial charge in [0.2, 0.25) is 0 Å². The van der Waals surface area contributed by atoms with Gasteiger partial charge in [-0.1, -0.05) is 11.8 Å². The topological polar surface area (TPSA) is 26.3 Å². The van der Waals surface area contributed by atoms with Crippen molar-refractivity contribution in [2.75, 3.05) is 13.4 Å². The summed E-state index contributed by atoms with van der Waals surface area (Å²) in [6, 6.07) is 0. The monoisotopic (exact) mass is 160 g/mol. The van der Waals surface area contributed by atoms with Crippen molar-refractivity contribution in [3.8, 4) is 0 Å². The van der Waals surface area contributed by atoms with Crippen molar-refractivity contribution in [2.45, 2.75) is 13.8 Å². The molecule has 0 aliphatic carbocycles. The predicted molar refractivity (Wildman–Crippen MR) is 43.9 cm³/mol. The molecule has 0 spiro atoms. The van der Waals surface area contributed by atoms with E-state index < -0.39 is 0 Å². The van der Waals surface area contributed by atoms with Crippen LogP contribution in [0.25, 0.3) is 0 Å². The van der Waals surface area contributed by atoms with E-state index in [0.717, 1.165) is 0 Å². The lowest BCUT2D eigenvalue weighted by atomic mass is 10.2. The van der Waals surface area contributed by atoms with E-state index in [2.05, 4.69) is 0 Å². The third kappa shape index (κ3) is 2.43. The third-order valence-electron chi connectivity index (χ3n) is 1.21. The van der Waals surface area contributed by atoms with Crippen molar-refractivity contribution in [3.05, 3.63) is 10.7 Å². The van der Waals surface area contributed by atoms with Crippen molar-refractivity contribution in [1.29, 1.82) is 0 Å². The minimum Gasteiger partial charge on any atom is -0.490 e. The van der Waals surface area contributed by atoms with Gasteiger partial charge in [0, 0.05) is 5.57 Å². The molecule has 2 nitrogen and oxygen atoms in total. The van der Waals surface area contributed by atoms with Gasteiger partial charge in [0.15, 0.2) is 10.9 Å². The molecule has 0 N–H and O–H groups in total. The minimum absolute atomic E-state index is 0.0613. The van der Waals surface area contributed by atoms with Gasteiger partial charge in [-0.3, -0.25) is 4.79 Å². The van der Waals surface area contributed by atoms with E-state index in [1.807, 2.05) is 6.26 Å². The van der Waals surface area contributed by atoms with E-state index in [0.29, 0.717) is 10.7 Å². The number of carbonyl (C=O) groups excluding carboxylic acids is 1. The number of allylic oxidation sites excluding steroid dienone is 1. The molecule has 58 valence electrons. The molecule has 0 aliphatic rings. The molecular formula is C7H12O2S. The fourth-order valence-electron chi connectivity index (χ4n) is 0.533. The first-order valence-corrected chi connectivity index (χ1v) is 4.15. The standard InChI is InChI=1S/C7H12O2S/c1-5(6(2)8)7(9-3)10-4/h1-4H3/b7-5-. The molecule has 0 bridgehead atoms. The zero-order chi connectivity index (χ0) is 8.15. The first-order valence-electron chi connectivity index (χ1n) is 2.93. The highest BCUT2D eigenvalue weighted by atomic mass is 32.2. The molecule has 0 aromatic heterocycles. The number of hydrogen-bond acceptors (Lipinski definition) is 3. The second-order valence-corrected chi connectivity index (χ2v) is 2.66. The van der Waals surface area contributed by atoms with Crippen molar-refractivity contribution in [3.63, 3.8) is 0 Å². The van der Waals surface area contributed by atoms with E-state index in [9.17, 15) is 4.79 Å². The summed E-state index contributed by atoms with van der Waals surface area (Å²) in [6.07, 6.45) is 1.88. The Kier molecular flexibility index (Phi) is 4.19. The lowest BCUT2D eigenvalue weighted by molar-refractivity contribution is -0.113. The molecule has 0 aromatic carbocycles. The van der Waals surface area contributed by atoms with Crippen LogP contribution < -0.4 is 0 Å². The van der Waals surface area contributed by atoms with E-state index >= 15 is 0 Å². The van der Waals surface area contributed by atoms with Crippen LogP contribution in [0.15, 0.2) is 10.7 Å². The SMILES string of the molecule is CO/C(SC)=C(\C)C(C)=O. The van der Waals surface area contributed by atoms with Gasteiger partial charge in [0.25, 0.3) is 0 Å². The number of hydrogen-bond donors (Lipinski definition) is 0. The number of methoxy groups -OCH3 is 1. The molecule has 0 fully saturated rings. The molecule has 0 amide bonds. The maximum Gasteiger partial charge on any atom is 0.159 e. The number of Topliss-reactive ketones (excluding diaryl/α,β-unsaturated/α-hetero) is 1. The zero-order valence-corrected chi connectivity index (χ0v) is 7.54. The summed E-state index contributed by atoms with van der Waals surface area (Å²) in [6.45, 7) is 3.29. The van der Waals surface area contributed by atoms with Crippen LogP contribution >= 0.6 is 11.8 Å². The first-order chi connectivity index (χ1) is 4.63. The summed E-state index contributed by atoms with van der Waals surface area (Å²) in [5, 5.41) is 0.701. The van der Waals surface area contributed by atoms with E-state index in [-0.39, 0.29) is 5.78 Å². The largest absolute Gasteiger partial charge is 0.490 e. The van der Waals surface area contributed by atoms with E-state index in [4.69, 9.17) is 4.74 Å². The molecule has 0 saturated heterocycles. The van der Waals surface area contributed by atoms with Gasteiger partial charge >= 0.3 is 0 Å². The van der Waals surface area contributed by atoms with Gasteiger partial charge in [-0.2, -0.15) is 0 Å². The highest BCUT2D eigenvalue weighted by Gasteiger charge is 2.04. The Balaban J connectivity index is 4.43. The minimum atomic E-state index is 0.0613. The fourth-order valence-corrected chi connectivity index (χ4v) is 1.15. The van der Waals surface area contributed by atoms with Crippen LogP contribution in [-0.4, -0.2) is 19.1 Å². The fraction of sp³-hybridized carbons (Fsp3) is 0.571. The Morgan fingerprint density at radius 1 is 1.40 bits per heavy atom. The summed E-state index contributed by atoms with van der Waals surface area (Å²) in [7, 11) is 1.57. The van der Waals surface area contributed by atoms with Crippen LogP contribution in [0.3, 0.4) is 0 Å². The highest BCUT2D eigenvalue weighted by molar-refractivity contribution is 8.02. The average molecular weight is 160 g/mol. The van der Waals surface area contributed by atoms with Gasteiger partial charge in [0.05, 0.1) is 7.11 Å². The summed E-state index contributed by atoms with van der Waals surface area (Å²) in [5.41, 5.74) is 0.690. The Hall–Kier alpha value is -0.440. The van der Waals surface area contributed by atoms with Gasteiger partial charge in [0.1, 0.15) is 0 Å². The molecule has 10 heavy (non-hydrogen) atoms. The molecule has 0 heterocycles. The van der Waals surface area contributed by atoms with Gasteiger partial charge in [-0.25, -0.2) is 0 Å². The molecule has 3 heteroatoms. The summed E-state index contributed by atoms with van der Waals surface area (Å²) >= 11 is 1.44. The average Bonchev–Trinajstić information content (AvgIpc) is 1.90. The first kappa shape index (κ1) is 9.56. The molecular weight excluding hydrogens is 148 g/mol. The predicted octanol–water partition coefficient (Wildman–Crippen LogP) is 1.82. The normalized spacial score (nSPS) is 12.4. The molecule has 0 radical (unpaired) electrons. The molecule has 0 aromatic rings. The van der Waals surface area contributed by atoms with Crippen LogP contribution in [0.1, 0.15) is 13.8 Å². The van der Waals surface area contributed by atoms with Crippen LogP contribution in [0.2, 0.25) is 0 Å². The lowest BCUT2D eigenvalue weighted by Gasteiger charge is -2.04. The summed E-state index contributed by atoms with van der Waals surface area (Å²) < 4.78 is 4.94. The second-order valence-electron chi connectivity index (χ2n) is 1.88. The molecule has 0 atom stereocenters. The van der Waals surface area contributed by atoms with Crippen molar-refractivity contribution >= 4 is 17.5 Å². The van der Waals surface area contributed by atoms with E-state index in [1.54, 1.807) is 14.0 Å². The molecule has 0 saturated carbocycles. The van der Waals surface area contributed by atoms with Crippen molar-refractivity contribution < 1.29 is 9.53 Å². The van der Waals surface area contributed by atoms with Gasteiger partial charge in [-0.15, -0.1) is 0 Å². The van der Waals surface area contributed by atoms with Crippen LogP contribution in [0.4, 0.5) is 0 Å². The smallest absolute Gasteiger partial charge is 0.159 e. The molecule has 0 aliphatic heterocycles. The quantitative estimate of drug-likeness (QED) is 0.465. The van der Waals surface area contributed by atoms with Crippen LogP contribution in [0, 0.1) is 0 Å². The second kappa shape index (κ2) is 4.39. The third-order valence-corrected chi connectivity index (χ3v) is 2.05. The number of thioether (sulfide) groups is 1. The maximum absolute atomic E-state index is 10.8. The zero-order valence-electron chi connectivity index (χ0n) is 6.72. The van der Waals surface area contributed by atoms with Gasteiger partial charge in [-0.05, 0) is 20.1 Å². The summed E-state index contributed by atoms with van der Waals surface area (Å²) in [4.78, 5) is 10.8. The Morgan fingerprint density at radius 3 is 2.00 bits per heavy atom. The number of ketones is 1.